The predicted octanol–water partition coefficient (Wildman–Crippen LogP) is 5.28. The maximum absolute atomic E-state index is 9.65. The fraction of sp³-hybridized carbons (Fsp3) is 0.0800. The zero-order valence-electron chi connectivity index (χ0n) is 16.2. The Hall–Kier alpha value is -3.83. The Labute approximate surface area is 173 Å². The molecule has 0 bridgehead atoms. The topological polar surface area (TPSA) is 82.3 Å². The summed E-state index contributed by atoms with van der Waals surface area (Å²) in [7, 11) is 0. The van der Waals surface area contributed by atoms with E-state index in [9.17, 15) is 10.2 Å². The van der Waals surface area contributed by atoms with E-state index in [0.717, 1.165) is 38.9 Å². The quantitative estimate of drug-likeness (QED) is 0.378. The molecule has 0 spiro atoms. The van der Waals surface area contributed by atoms with E-state index in [0.29, 0.717) is 18.1 Å². The molecule has 0 saturated heterocycles. The van der Waals surface area contributed by atoms with E-state index in [1.54, 1.807) is 12.1 Å². The highest BCUT2D eigenvalue weighted by Gasteiger charge is 2.18. The third-order valence-electron chi connectivity index (χ3n) is 5.23. The minimum Gasteiger partial charge on any atom is -0.508 e. The number of H-pyrrole nitrogens is 1. The van der Waals surface area contributed by atoms with Crippen LogP contribution in [0.25, 0.3) is 33.5 Å². The Morgan fingerprint density at radius 1 is 0.867 bits per heavy atom. The number of phenolic OH excluding ortho intramolecular Hbond substituents is 1. The summed E-state index contributed by atoms with van der Waals surface area (Å²) in [6.45, 7) is -0.00663. The van der Waals surface area contributed by atoms with Gasteiger partial charge in [-0.25, -0.2) is 4.98 Å². The Morgan fingerprint density at radius 2 is 1.60 bits per heavy atom. The SMILES string of the molecule is OCc1ccc(-c2oc(Cc3c[nH]c4ccccc34)nc2-c2ccc(O)cc2)cc1. The molecule has 5 nitrogen and oxygen atoms in total. The maximum atomic E-state index is 9.65. The molecule has 148 valence electrons. The normalized spacial score (nSPS) is 11.2. The summed E-state index contributed by atoms with van der Waals surface area (Å²) in [5.41, 5.74) is 5.50. The third kappa shape index (κ3) is 3.36. The number of hydrogen-bond acceptors (Lipinski definition) is 4. The molecule has 5 rings (SSSR count). The molecule has 5 heteroatoms. The van der Waals surface area contributed by atoms with E-state index in [-0.39, 0.29) is 12.4 Å². The number of phenols is 1. The van der Waals surface area contributed by atoms with E-state index in [4.69, 9.17) is 9.40 Å². The highest BCUT2D eigenvalue weighted by molar-refractivity contribution is 5.83. The van der Waals surface area contributed by atoms with Gasteiger partial charge in [0.2, 0.25) is 0 Å². The highest BCUT2D eigenvalue weighted by Crippen LogP contribution is 2.34. The first kappa shape index (κ1) is 18.2. The number of oxazole rings is 1. The number of benzene rings is 3. The molecule has 0 aliphatic rings. The van der Waals surface area contributed by atoms with Gasteiger partial charge in [-0.15, -0.1) is 0 Å². The molecule has 30 heavy (non-hydrogen) atoms. The fourth-order valence-corrected chi connectivity index (χ4v) is 3.65. The molecular formula is C25H20N2O3. The van der Waals surface area contributed by atoms with Crippen LogP contribution in [-0.2, 0) is 13.0 Å². The van der Waals surface area contributed by atoms with Gasteiger partial charge in [0.05, 0.1) is 13.0 Å². The number of aromatic hydroxyl groups is 1. The molecular weight excluding hydrogens is 376 g/mol. The summed E-state index contributed by atoms with van der Waals surface area (Å²) in [6, 6.07) is 22.7. The minimum absolute atomic E-state index is 0.00663. The molecule has 3 aromatic carbocycles. The summed E-state index contributed by atoms with van der Waals surface area (Å²) in [5, 5.41) is 20.1. The van der Waals surface area contributed by atoms with Crippen LogP contribution >= 0.6 is 0 Å². The number of nitrogens with one attached hydrogen (secondary N) is 1. The van der Waals surface area contributed by atoms with Crippen molar-refractivity contribution in [2.24, 2.45) is 0 Å². The number of rotatable bonds is 5. The monoisotopic (exact) mass is 396 g/mol. The lowest BCUT2D eigenvalue weighted by Gasteiger charge is -2.03. The van der Waals surface area contributed by atoms with Gasteiger partial charge in [0, 0.05) is 28.2 Å². The molecule has 0 radical (unpaired) electrons. The second-order valence-corrected chi connectivity index (χ2v) is 7.22. The standard InChI is InChI=1S/C25H20N2O3/c28-15-16-5-7-18(8-6-16)25-24(17-9-11-20(29)12-10-17)27-23(30-25)13-19-14-26-22-4-2-1-3-21(19)22/h1-12,14,26,28-29H,13,15H2. The van der Waals surface area contributed by atoms with Gasteiger partial charge in [-0.3, -0.25) is 0 Å². The van der Waals surface area contributed by atoms with Crippen molar-refractivity contribution < 1.29 is 14.6 Å². The number of aromatic nitrogens is 2. The second kappa shape index (κ2) is 7.54. The van der Waals surface area contributed by atoms with Crippen LogP contribution in [0.1, 0.15) is 17.0 Å². The minimum atomic E-state index is -0.00663. The fourth-order valence-electron chi connectivity index (χ4n) is 3.65. The molecule has 0 fully saturated rings. The van der Waals surface area contributed by atoms with E-state index in [1.165, 1.54) is 0 Å². The summed E-state index contributed by atoms with van der Waals surface area (Å²) < 4.78 is 6.23. The van der Waals surface area contributed by atoms with Gasteiger partial charge in [-0.05, 0) is 41.5 Å². The van der Waals surface area contributed by atoms with Gasteiger partial charge in [-0.1, -0.05) is 42.5 Å². The van der Waals surface area contributed by atoms with Gasteiger partial charge in [0.15, 0.2) is 11.7 Å². The van der Waals surface area contributed by atoms with Crippen LogP contribution in [0.15, 0.2) is 83.4 Å². The van der Waals surface area contributed by atoms with Crippen molar-refractivity contribution in [3.05, 3.63) is 96.0 Å². The molecule has 0 aliphatic heterocycles. The summed E-state index contributed by atoms with van der Waals surface area (Å²) in [5.74, 6) is 1.49. The number of para-hydroxylation sites is 1. The van der Waals surface area contributed by atoms with E-state index in [1.807, 2.05) is 60.8 Å². The molecule has 3 N–H and O–H groups in total. The smallest absolute Gasteiger partial charge is 0.200 e. The average Bonchev–Trinajstić information content (AvgIpc) is 3.39. The molecule has 0 amide bonds. The van der Waals surface area contributed by atoms with Crippen LogP contribution in [-0.4, -0.2) is 20.2 Å². The number of aliphatic hydroxyl groups excluding tert-OH is 1. The van der Waals surface area contributed by atoms with Crippen molar-refractivity contribution in [1.29, 1.82) is 0 Å². The van der Waals surface area contributed by atoms with Gasteiger partial charge >= 0.3 is 0 Å². The lowest BCUT2D eigenvalue weighted by atomic mass is 10.0. The van der Waals surface area contributed by atoms with Gasteiger partial charge in [0.1, 0.15) is 11.4 Å². The molecule has 0 aliphatic carbocycles. The summed E-state index contributed by atoms with van der Waals surface area (Å²) in [6.07, 6.45) is 2.55. The van der Waals surface area contributed by atoms with Crippen LogP contribution in [0, 0.1) is 0 Å². The molecule has 2 aromatic heterocycles. The molecule has 0 unspecified atom stereocenters. The van der Waals surface area contributed by atoms with Crippen molar-refractivity contribution in [2.45, 2.75) is 13.0 Å². The Balaban J connectivity index is 1.59. The summed E-state index contributed by atoms with van der Waals surface area (Å²) in [4.78, 5) is 8.09. The first-order valence-electron chi connectivity index (χ1n) is 9.75. The maximum Gasteiger partial charge on any atom is 0.200 e. The largest absolute Gasteiger partial charge is 0.508 e. The molecule has 5 aromatic rings. The number of hydrogen-bond donors (Lipinski definition) is 3. The van der Waals surface area contributed by atoms with E-state index >= 15 is 0 Å². The molecule has 2 heterocycles. The van der Waals surface area contributed by atoms with E-state index < -0.39 is 0 Å². The van der Waals surface area contributed by atoms with Crippen LogP contribution < -0.4 is 0 Å². The van der Waals surface area contributed by atoms with Gasteiger partial charge in [-0.2, -0.15) is 0 Å². The van der Waals surface area contributed by atoms with Crippen molar-refractivity contribution >= 4 is 10.9 Å². The molecule has 0 atom stereocenters. The number of nitrogens with zero attached hydrogens (tertiary/aromatic N) is 1. The second-order valence-electron chi connectivity index (χ2n) is 7.22. The van der Waals surface area contributed by atoms with Crippen molar-refractivity contribution in [1.82, 2.24) is 9.97 Å². The molecule has 0 saturated carbocycles. The number of aliphatic hydroxyl groups is 1. The van der Waals surface area contributed by atoms with Crippen LogP contribution in [0.4, 0.5) is 0 Å². The van der Waals surface area contributed by atoms with Crippen LogP contribution in [0.5, 0.6) is 5.75 Å². The first-order chi connectivity index (χ1) is 14.7. The summed E-state index contributed by atoms with van der Waals surface area (Å²) >= 11 is 0. The van der Waals surface area contributed by atoms with Crippen molar-refractivity contribution in [3.63, 3.8) is 0 Å². The van der Waals surface area contributed by atoms with E-state index in [2.05, 4.69) is 11.1 Å². The highest BCUT2D eigenvalue weighted by atomic mass is 16.4. The first-order valence-corrected chi connectivity index (χ1v) is 9.75. The van der Waals surface area contributed by atoms with Gasteiger partial charge in [0.25, 0.3) is 0 Å². The number of fused-ring (bicyclic) bond motifs is 1. The average molecular weight is 396 g/mol. The lowest BCUT2D eigenvalue weighted by Crippen LogP contribution is -1.87. The lowest BCUT2D eigenvalue weighted by molar-refractivity contribution is 0.282. The zero-order chi connectivity index (χ0) is 20.5. The van der Waals surface area contributed by atoms with Crippen molar-refractivity contribution in [2.75, 3.05) is 0 Å². The predicted molar refractivity (Wildman–Crippen MR) is 116 cm³/mol. The van der Waals surface area contributed by atoms with Crippen LogP contribution in [0.3, 0.4) is 0 Å². The number of aromatic amines is 1. The Bertz CT molecular complexity index is 1300. The van der Waals surface area contributed by atoms with Crippen molar-refractivity contribution in [3.8, 4) is 28.3 Å². The third-order valence-corrected chi connectivity index (χ3v) is 5.23. The Morgan fingerprint density at radius 3 is 2.37 bits per heavy atom. The Kier molecular flexibility index (Phi) is 4.58. The van der Waals surface area contributed by atoms with Gasteiger partial charge < -0.3 is 19.6 Å². The van der Waals surface area contributed by atoms with Crippen LogP contribution in [0.2, 0.25) is 0 Å². The zero-order valence-corrected chi connectivity index (χ0v) is 16.2.